The second-order valence-electron chi connectivity index (χ2n) is 7.93. The molecule has 7 heteroatoms. The SMILES string of the molecule is O=C(Nc1ccc(Br)cc1)N(CCCn1ccnc1)Cc1ccc(OCc2ccccc2)cc1. The van der Waals surface area contributed by atoms with Gasteiger partial charge in [-0.15, -0.1) is 0 Å². The molecule has 0 unspecified atom stereocenters. The number of imidazole rings is 1. The van der Waals surface area contributed by atoms with E-state index in [1.165, 1.54) is 0 Å². The predicted octanol–water partition coefficient (Wildman–Crippen LogP) is 6.35. The van der Waals surface area contributed by atoms with Crippen LogP contribution in [0.3, 0.4) is 0 Å². The number of hydrogen-bond acceptors (Lipinski definition) is 3. The third kappa shape index (κ3) is 7.22. The summed E-state index contributed by atoms with van der Waals surface area (Å²) in [5, 5.41) is 3.01. The molecule has 0 radical (unpaired) electrons. The number of aryl methyl sites for hydroxylation is 1. The molecule has 0 aliphatic rings. The van der Waals surface area contributed by atoms with Crippen LogP contribution in [0.15, 0.2) is 102 Å². The Kier molecular flexibility index (Phi) is 8.35. The van der Waals surface area contributed by atoms with Gasteiger partial charge in [-0.1, -0.05) is 58.4 Å². The third-order valence-corrected chi connectivity index (χ3v) is 5.86. The Labute approximate surface area is 208 Å². The van der Waals surface area contributed by atoms with Crippen LogP contribution in [0.25, 0.3) is 0 Å². The van der Waals surface area contributed by atoms with Gasteiger partial charge in [-0.05, 0) is 53.9 Å². The molecule has 0 saturated carbocycles. The molecular formula is C27H27BrN4O2. The van der Waals surface area contributed by atoms with Crippen LogP contribution in [0.1, 0.15) is 17.5 Å². The molecule has 0 bridgehead atoms. The van der Waals surface area contributed by atoms with Crippen LogP contribution in [0, 0.1) is 0 Å². The van der Waals surface area contributed by atoms with E-state index >= 15 is 0 Å². The van der Waals surface area contributed by atoms with Crippen LogP contribution < -0.4 is 10.1 Å². The third-order valence-electron chi connectivity index (χ3n) is 5.33. The first-order valence-corrected chi connectivity index (χ1v) is 12.0. The lowest BCUT2D eigenvalue weighted by Crippen LogP contribution is -2.35. The van der Waals surface area contributed by atoms with Gasteiger partial charge in [-0.2, -0.15) is 0 Å². The largest absolute Gasteiger partial charge is 0.489 e. The maximum atomic E-state index is 13.1. The average molecular weight is 519 g/mol. The number of halogens is 1. The highest BCUT2D eigenvalue weighted by Gasteiger charge is 2.14. The lowest BCUT2D eigenvalue weighted by molar-refractivity contribution is 0.207. The normalized spacial score (nSPS) is 10.6. The van der Waals surface area contributed by atoms with E-state index in [1.54, 1.807) is 12.5 Å². The van der Waals surface area contributed by atoms with Crippen molar-refractivity contribution in [1.82, 2.24) is 14.5 Å². The number of urea groups is 1. The van der Waals surface area contributed by atoms with Crippen LogP contribution >= 0.6 is 15.9 Å². The molecule has 0 fully saturated rings. The molecule has 1 N–H and O–H groups in total. The summed E-state index contributed by atoms with van der Waals surface area (Å²) in [5.74, 6) is 0.804. The summed E-state index contributed by atoms with van der Waals surface area (Å²) < 4.78 is 8.88. The van der Waals surface area contributed by atoms with Gasteiger partial charge < -0.3 is 19.5 Å². The van der Waals surface area contributed by atoms with Gasteiger partial charge in [-0.25, -0.2) is 9.78 Å². The fraction of sp³-hybridized carbons (Fsp3) is 0.185. The van der Waals surface area contributed by atoms with E-state index in [0.717, 1.165) is 40.0 Å². The number of hydrogen-bond donors (Lipinski definition) is 1. The Morgan fingerprint density at radius 3 is 2.44 bits per heavy atom. The highest BCUT2D eigenvalue weighted by atomic mass is 79.9. The second kappa shape index (κ2) is 12.0. The van der Waals surface area contributed by atoms with Gasteiger partial charge in [0, 0.05) is 42.2 Å². The molecule has 0 aliphatic heterocycles. The molecule has 3 aromatic carbocycles. The smallest absolute Gasteiger partial charge is 0.322 e. The van der Waals surface area contributed by atoms with Gasteiger partial charge >= 0.3 is 6.03 Å². The standard InChI is InChI=1S/C27H27BrN4O2/c28-24-9-11-25(12-10-24)30-27(33)32(17-4-16-31-18-15-29-21-31)19-22-7-13-26(14-8-22)34-20-23-5-2-1-3-6-23/h1-3,5-15,18,21H,4,16-17,19-20H2,(H,30,33). The van der Waals surface area contributed by atoms with Crippen LogP contribution in [0.2, 0.25) is 0 Å². The molecule has 6 nitrogen and oxygen atoms in total. The minimum atomic E-state index is -0.127. The van der Waals surface area contributed by atoms with E-state index in [4.69, 9.17) is 4.74 Å². The Hall–Kier alpha value is -3.58. The minimum absolute atomic E-state index is 0.127. The zero-order valence-corrected chi connectivity index (χ0v) is 20.4. The van der Waals surface area contributed by atoms with Crippen molar-refractivity contribution >= 4 is 27.6 Å². The molecule has 0 atom stereocenters. The Morgan fingerprint density at radius 2 is 1.74 bits per heavy atom. The second-order valence-corrected chi connectivity index (χ2v) is 8.85. The van der Waals surface area contributed by atoms with Crippen molar-refractivity contribution < 1.29 is 9.53 Å². The number of anilines is 1. The van der Waals surface area contributed by atoms with Gasteiger partial charge in [0.15, 0.2) is 0 Å². The van der Waals surface area contributed by atoms with Crippen LogP contribution in [-0.4, -0.2) is 27.0 Å². The highest BCUT2D eigenvalue weighted by Crippen LogP contribution is 2.18. The van der Waals surface area contributed by atoms with E-state index < -0.39 is 0 Å². The van der Waals surface area contributed by atoms with E-state index in [-0.39, 0.29) is 6.03 Å². The van der Waals surface area contributed by atoms with Gasteiger partial charge in [0.2, 0.25) is 0 Å². The van der Waals surface area contributed by atoms with Gasteiger partial charge in [0.1, 0.15) is 12.4 Å². The van der Waals surface area contributed by atoms with Crippen molar-refractivity contribution in [2.24, 2.45) is 0 Å². The van der Waals surface area contributed by atoms with Crippen LogP contribution in [0.4, 0.5) is 10.5 Å². The Balaban J connectivity index is 1.37. The number of rotatable bonds is 10. The lowest BCUT2D eigenvalue weighted by Gasteiger charge is -2.23. The van der Waals surface area contributed by atoms with Crippen molar-refractivity contribution in [1.29, 1.82) is 0 Å². The number of carbonyl (C=O) groups excluding carboxylic acids is 1. The van der Waals surface area contributed by atoms with Crippen LogP contribution in [0.5, 0.6) is 5.75 Å². The molecular weight excluding hydrogens is 492 g/mol. The maximum Gasteiger partial charge on any atom is 0.322 e. The summed E-state index contributed by atoms with van der Waals surface area (Å²) >= 11 is 3.43. The highest BCUT2D eigenvalue weighted by molar-refractivity contribution is 9.10. The zero-order valence-electron chi connectivity index (χ0n) is 18.8. The number of ether oxygens (including phenoxy) is 1. The Bertz CT molecular complexity index is 1150. The van der Waals surface area contributed by atoms with E-state index in [0.29, 0.717) is 19.7 Å². The molecule has 34 heavy (non-hydrogen) atoms. The summed E-state index contributed by atoms with van der Waals surface area (Å²) in [6.07, 6.45) is 6.31. The zero-order chi connectivity index (χ0) is 23.6. The predicted molar refractivity (Wildman–Crippen MR) is 138 cm³/mol. The molecule has 174 valence electrons. The summed E-state index contributed by atoms with van der Waals surface area (Å²) in [4.78, 5) is 19.0. The number of benzene rings is 3. The molecule has 4 aromatic rings. The first-order valence-electron chi connectivity index (χ1n) is 11.2. The van der Waals surface area contributed by atoms with E-state index in [2.05, 4.69) is 26.2 Å². The summed E-state index contributed by atoms with van der Waals surface area (Å²) in [7, 11) is 0. The number of aromatic nitrogens is 2. The quantitative estimate of drug-likeness (QED) is 0.266. The fourth-order valence-electron chi connectivity index (χ4n) is 3.50. The molecule has 4 rings (SSSR count). The van der Waals surface area contributed by atoms with Gasteiger partial charge in [0.05, 0.1) is 6.33 Å². The molecule has 0 aliphatic carbocycles. The average Bonchev–Trinajstić information content (AvgIpc) is 3.38. The Morgan fingerprint density at radius 1 is 0.971 bits per heavy atom. The van der Waals surface area contributed by atoms with Gasteiger partial charge in [0.25, 0.3) is 0 Å². The van der Waals surface area contributed by atoms with Gasteiger partial charge in [-0.3, -0.25) is 0 Å². The van der Waals surface area contributed by atoms with Crippen LogP contribution in [-0.2, 0) is 19.7 Å². The van der Waals surface area contributed by atoms with Crippen molar-refractivity contribution in [3.05, 3.63) is 113 Å². The van der Waals surface area contributed by atoms with Crippen molar-refractivity contribution in [3.8, 4) is 5.75 Å². The number of nitrogens with one attached hydrogen (secondary N) is 1. The van der Waals surface area contributed by atoms with Crippen molar-refractivity contribution in [2.75, 3.05) is 11.9 Å². The van der Waals surface area contributed by atoms with E-state index in [1.807, 2.05) is 94.5 Å². The maximum absolute atomic E-state index is 13.1. The molecule has 0 saturated heterocycles. The van der Waals surface area contributed by atoms with Crippen molar-refractivity contribution in [3.63, 3.8) is 0 Å². The van der Waals surface area contributed by atoms with Crippen molar-refractivity contribution in [2.45, 2.75) is 26.1 Å². The first-order chi connectivity index (χ1) is 16.7. The fourth-order valence-corrected chi connectivity index (χ4v) is 3.77. The summed E-state index contributed by atoms with van der Waals surface area (Å²) in [5.41, 5.74) is 2.93. The summed E-state index contributed by atoms with van der Waals surface area (Å²) in [6, 6.07) is 25.5. The van der Waals surface area contributed by atoms with E-state index in [9.17, 15) is 4.79 Å². The molecule has 2 amide bonds. The molecule has 1 aromatic heterocycles. The minimum Gasteiger partial charge on any atom is -0.489 e. The topological polar surface area (TPSA) is 59.4 Å². The monoisotopic (exact) mass is 518 g/mol. The first kappa shape index (κ1) is 23.6. The number of nitrogens with zero attached hydrogens (tertiary/aromatic N) is 3. The summed E-state index contributed by atoms with van der Waals surface area (Å²) in [6.45, 7) is 2.45. The number of carbonyl (C=O) groups is 1. The lowest BCUT2D eigenvalue weighted by atomic mass is 10.2. The number of amides is 2. The molecule has 0 spiro atoms. The molecule has 1 heterocycles.